The molecule has 2 aromatic rings. The Balaban J connectivity index is 2.76. The Bertz CT molecular complexity index is 534. The molecule has 2 rings (SSSR count). The molecule has 1 aromatic heterocycles. The van der Waals surface area contributed by atoms with Gasteiger partial charge in [-0.25, -0.2) is 4.79 Å². The molecule has 0 aliphatic heterocycles. The van der Waals surface area contributed by atoms with E-state index >= 15 is 0 Å². The molecule has 0 radical (unpaired) electrons. The maximum absolute atomic E-state index is 10.8. The maximum atomic E-state index is 10.8. The molecule has 0 spiro atoms. The van der Waals surface area contributed by atoms with Crippen molar-refractivity contribution in [3.63, 3.8) is 0 Å². The first-order valence-electron chi connectivity index (χ1n) is 3.99. The first-order valence-corrected chi connectivity index (χ1v) is 4.37. The topological polar surface area (TPSA) is 72.6 Å². The van der Waals surface area contributed by atoms with Crippen LogP contribution >= 0.6 is 11.6 Å². The molecule has 1 N–H and O–H groups in total. The number of rotatable bonds is 2. The van der Waals surface area contributed by atoms with Crippen LogP contribution in [0.5, 0.6) is 5.75 Å². The van der Waals surface area contributed by atoms with Crippen molar-refractivity contribution in [2.75, 3.05) is 7.11 Å². The van der Waals surface area contributed by atoms with Crippen molar-refractivity contribution in [2.24, 2.45) is 0 Å². The number of ether oxygens (including phenoxy) is 1. The van der Waals surface area contributed by atoms with Crippen LogP contribution in [0.2, 0.25) is 5.35 Å². The maximum Gasteiger partial charge on any atom is 0.335 e. The number of carbonyl (C=O) groups is 1. The highest BCUT2D eigenvalue weighted by Crippen LogP contribution is 2.29. The van der Waals surface area contributed by atoms with Crippen LogP contribution in [0.1, 0.15) is 10.4 Å². The number of aromatic nitrogens is 1. The summed E-state index contributed by atoms with van der Waals surface area (Å²) in [6, 6.07) is 2.72. The van der Waals surface area contributed by atoms with E-state index in [0.29, 0.717) is 16.8 Å². The minimum Gasteiger partial charge on any atom is -0.493 e. The molecule has 1 heterocycles. The Morgan fingerprint density at radius 1 is 1.60 bits per heavy atom. The molecule has 78 valence electrons. The minimum atomic E-state index is -1.06. The fourth-order valence-electron chi connectivity index (χ4n) is 1.25. The van der Waals surface area contributed by atoms with Crippen LogP contribution in [0.25, 0.3) is 11.1 Å². The summed E-state index contributed by atoms with van der Waals surface area (Å²) in [4.78, 5) is 14.6. The summed E-state index contributed by atoms with van der Waals surface area (Å²) in [5.74, 6) is -0.765. The average molecular weight is 228 g/mol. The number of fused-ring (bicyclic) bond motifs is 1. The number of nitrogens with zero attached hydrogens (tertiary/aromatic N) is 1. The van der Waals surface area contributed by atoms with Crippen molar-refractivity contribution in [3.8, 4) is 5.75 Å². The van der Waals surface area contributed by atoms with Crippen LogP contribution in [0.15, 0.2) is 16.5 Å². The van der Waals surface area contributed by atoms with Gasteiger partial charge < -0.3 is 14.3 Å². The number of methoxy groups -OCH3 is 1. The summed E-state index contributed by atoms with van der Waals surface area (Å²) in [5, 5.41) is 8.77. The number of halogens is 1. The van der Waals surface area contributed by atoms with E-state index < -0.39 is 5.97 Å². The Morgan fingerprint density at radius 3 is 2.93 bits per heavy atom. The third-order valence-corrected chi connectivity index (χ3v) is 2.06. The molecule has 0 amide bonds. The monoisotopic (exact) mass is 227 g/mol. The zero-order chi connectivity index (χ0) is 11.0. The lowest BCUT2D eigenvalue weighted by atomic mass is 10.2. The molecule has 0 atom stereocenters. The molecule has 0 saturated heterocycles. The van der Waals surface area contributed by atoms with Gasteiger partial charge in [0.25, 0.3) is 5.35 Å². The van der Waals surface area contributed by atoms with E-state index in [4.69, 9.17) is 25.9 Å². The van der Waals surface area contributed by atoms with Gasteiger partial charge in [-0.3, -0.25) is 0 Å². The van der Waals surface area contributed by atoms with Crippen molar-refractivity contribution in [2.45, 2.75) is 0 Å². The highest BCUT2D eigenvalue weighted by molar-refractivity contribution is 6.28. The van der Waals surface area contributed by atoms with Gasteiger partial charge in [-0.05, 0) is 23.7 Å². The minimum absolute atomic E-state index is 0.0501. The second-order valence-corrected chi connectivity index (χ2v) is 3.12. The number of aromatic carboxylic acids is 1. The van der Waals surface area contributed by atoms with E-state index in [-0.39, 0.29) is 10.9 Å². The SMILES string of the molecule is COc1cc(C(=O)O)cc2nc(Cl)oc12. The molecule has 6 heteroatoms. The number of benzene rings is 1. The van der Waals surface area contributed by atoms with Crippen LogP contribution in [-0.2, 0) is 0 Å². The van der Waals surface area contributed by atoms with Crippen molar-refractivity contribution in [1.29, 1.82) is 0 Å². The number of hydrogen-bond acceptors (Lipinski definition) is 4. The summed E-state index contributed by atoms with van der Waals surface area (Å²) >= 11 is 5.56. The second kappa shape index (κ2) is 3.43. The van der Waals surface area contributed by atoms with Crippen LogP contribution in [0.3, 0.4) is 0 Å². The molecule has 0 aliphatic carbocycles. The first-order chi connectivity index (χ1) is 7.11. The molecular weight excluding hydrogens is 222 g/mol. The van der Waals surface area contributed by atoms with E-state index in [1.807, 2.05) is 0 Å². The zero-order valence-corrected chi connectivity index (χ0v) is 8.41. The molecule has 15 heavy (non-hydrogen) atoms. The van der Waals surface area contributed by atoms with Gasteiger partial charge in [-0.2, -0.15) is 4.98 Å². The van der Waals surface area contributed by atoms with Crippen molar-refractivity contribution >= 4 is 28.7 Å². The van der Waals surface area contributed by atoms with Crippen molar-refractivity contribution in [3.05, 3.63) is 23.0 Å². The van der Waals surface area contributed by atoms with E-state index in [0.717, 1.165) is 0 Å². The zero-order valence-electron chi connectivity index (χ0n) is 7.65. The summed E-state index contributed by atoms with van der Waals surface area (Å²) in [6.45, 7) is 0. The Labute approximate surface area is 89.2 Å². The highest BCUT2D eigenvalue weighted by atomic mass is 35.5. The van der Waals surface area contributed by atoms with Gasteiger partial charge in [-0.1, -0.05) is 0 Å². The molecule has 5 nitrogen and oxygen atoms in total. The van der Waals surface area contributed by atoms with Crippen LogP contribution in [-0.4, -0.2) is 23.2 Å². The number of hydrogen-bond donors (Lipinski definition) is 1. The second-order valence-electron chi connectivity index (χ2n) is 2.80. The lowest BCUT2D eigenvalue weighted by molar-refractivity contribution is 0.0696. The third-order valence-electron chi connectivity index (χ3n) is 1.90. The van der Waals surface area contributed by atoms with Crippen molar-refractivity contribution in [1.82, 2.24) is 4.98 Å². The Hall–Kier alpha value is -1.75. The Kier molecular flexibility index (Phi) is 2.24. The van der Waals surface area contributed by atoms with Crippen LogP contribution < -0.4 is 4.74 Å². The molecular formula is C9H6ClNO4. The summed E-state index contributed by atoms with van der Waals surface area (Å²) in [7, 11) is 1.41. The van der Waals surface area contributed by atoms with E-state index in [2.05, 4.69) is 4.98 Å². The van der Waals surface area contributed by atoms with Crippen LogP contribution in [0, 0.1) is 0 Å². The third kappa shape index (κ3) is 1.61. The lowest BCUT2D eigenvalue weighted by Gasteiger charge is -2.00. The summed E-state index contributed by atoms with van der Waals surface area (Å²) in [6.07, 6.45) is 0. The molecule has 0 fully saturated rings. The average Bonchev–Trinajstić information content (AvgIpc) is 2.56. The van der Waals surface area contributed by atoms with E-state index in [1.165, 1.54) is 19.2 Å². The van der Waals surface area contributed by atoms with E-state index in [9.17, 15) is 4.79 Å². The van der Waals surface area contributed by atoms with E-state index in [1.54, 1.807) is 0 Å². The van der Waals surface area contributed by atoms with Gasteiger partial charge >= 0.3 is 5.97 Å². The highest BCUT2D eigenvalue weighted by Gasteiger charge is 2.14. The summed E-state index contributed by atoms with van der Waals surface area (Å²) < 4.78 is 10.0. The number of carboxylic acids is 1. The number of carboxylic acid groups (broad SMARTS) is 1. The van der Waals surface area contributed by atoms with Gasteiger partial charge in [0, 0.05) is 0 Å². The smallest absolute Gasteiger partial charge is 0.335 e. The predicted molar refractivity (Wildman–Crippen MR) is 52.5 cm³/mol. The quantitative estimate of drug-likeness (QED) is 0.851. The Morgan fingerprint density at radius 2 is 2.33 bits per heavy atom. The van der Waals surface area contributed by atoms with Crippen molar-refractivity contribution < 1.29 is 19.1 Å². The predicted octanol–water partition coefficient (Wildman–Crippen LogP) is 2.19. The normalized spacial score (nSPS) is 10.5. The molecule has 1 aromatic carbocycles. The molecule has 0 aliphatic rings. The van der Waals surface area contributed by atoms with Gasteiger partial charge in [0.2, 0.25) is 0 Å². The van der Waals surface area contributed by atoms with Gasteiger partial charge in [0.15, 0.2) is 11.3 Å². The standard InChI is InChI=1S/C9H6ClNO4/c1-14-6-3-4(8(12)13)2-5-7(6)15-9(10)11-5/h2-3H,1H3,(H,12,13). The van der Waals surface area contributed by atoms with Gasteiger partial charge in [-0.15, -0.1) is 0 Å². The molecule has 0 bridgehead atoms. The van der Waals surface area contributed by atoms with Gasteiger partial charge in [0.05, 0.1) is 12.7 Å². The molecule has 0 saturated carbocycles. The first kappa shape index (κ1) is 9.79. The van der Waals surface area contributed by atoms with Crippen LogP contribution in [0.4, 0.5) is 0 Å². The lowest BCUT2D eigenvalue weighted by Crippen LogP contribution is -1.97. The number of oxazole rings is 1. The fraction of sp³-hybridized carbons (Fsp3) is 0.111. The van der Waals surface area contributed by atoms with Gasteiger partial charge in [0.1, 0.15) is 5.52 Å². The molecule has 0 unspecified atom stereocenters. The fourth-order valence-corrected chi connectivity index (χ4v) is 1.42. The largest absolute Gasteiger partial charge is 0.493 e. The summed E-state index contributed by atoms with van der Waals surface area (Å²) in [5.41, 5.74) is 0.772.